The van der Waals surface area contributed by atoms with Gasteiger partial charge in [0.25, 0.3) is 0 Å². The zero-order valence-corrected chi connectivity index (χ0v) is 12.9. The van der Waals surface area contributed by atoms with E-state index >= 15 is 0 Å². The van der Waals surface area contributed by atoms with Crippen LogP contribution >= 0.6 is 28.3 Å². The van der Waals surface area contributed by atoms with Crippen LogP contribution in [0.15, 0.2) is 16.6 Å². The van der Waals surface area contributed by atoms with E-state index in [1.165, 1.54) is 0 Å². The highest BCUT2D eigenvalue weighted by Gasteiger charge is 2.14. The SMILES string of the molecule is Cc1cc(Br)cc([C@@H](N)CCC(C)C)c1F.Cl. The van der Waals surface area contributed by atoms with E-state index in [-0.39, 0.29) is 24.3 Å². The van der Waals surface area contributed by atoms with Crippen molar-refractivity contribution in [1.29, 1.82) is 0 Å². The number of nitrogens with two attached hydrogens (primary N) is 1. The van der Waals surface area contributed by atoms with Crippen LogP contribution in [-0.4, -0.2) is 0 Å². The van der Waals surface area contributed by atoms with Crippen molar-refractivity contribution in [2.45, 2.75) is 39.7 Å². The molecule has 0 amide bonds. The van der Waals surface area contributed by atoms with Crippen LogP contribution in [0.1, 0.15) is 43.9 Å². The van der Waals surface area contributed by atoms with Gasteiger partial charge in [-0.1, -0.05) is 29.8 Å². The molecule has 1 atom stereocenters. The van der Waals surface area contributed by atoms with Crippen molar-refractivity contribution in [1.82, 2.24) is 0 Å². The van der Waals surface area contributed by atoms with Gasteiger partial charge in [-0.25, -0.2) is 4.39 Å². The molecule has 0 aromatic heterocycles. The van der Waals surface area contributed by atoms with E-state index in [0.29, 0.717) is 17.0 Å². The van der Waals surface area contributed by atoms with Crippen molar-refractivity contribution in [3.63, 3.8) is 0 Å². The first kappa shape index (κ1) is 16.9. The molecule has 0 fully saturated rings. The van der Waals surface area contributed by atoms with Crippen molar-refractivity contribution in [3.8, 4) is 0 Å². The van der Waals surface area contributed by atoms with Crippen molar-refractivity contribution >= 4 is 28.3 Å². The van der Waals surface area contributed by atoms with Crippen LogP contribution in [0.2, 0.25) is 0 Å². The minimum Gasteiger partial charge on any atom is -0.324 e. The zero-order valence-electron chi connectivity index (χ0n) is 10.5. The molecule has 1 rings (SSSR count). The van der Waals surface area contributed by atoms with Crippen LogP contribution in [0, 0.1) is 18.7 Å². The maximum Gasteiger partial charge on any atom is 0.130 e. The standard InChI is InChI=1S/C13H19BrFN.ClH/c1-8(2)4-5-12(16)11-7-10(14)6-9(3)13(11)15;/h6-8,12H,4-5,16H2,1-3H3;1H/t12-;/m0./s1. The Morgan fingerprint density at radius 3 is 2.41 bits per heavy atom. The third-order valence-corrected chi connectivity index (χ3v) is 3.16. The lowest BCUT2D eigenvalue weighted by molar-refractivity contribution is 0.489. The second kappa shape index (κ2) is 7.34. The summed E-state index contributed by atoms with van der Waals surface area (Å²) < 4.78 is 14.7. The molecule has 98 valence electrons. The Labute approximate surface area is 118 Å². The minimum absolute atomic E-state index is 0. The highest BCUT2D eigenvalue weighted by molar-refractivity contribution is 9.10. The zero-order chi connectivity index (χ0) is 12.3. The van der Waals surface area contributed by atoms with E-state index in [0.717, 1.165) is 17.3 Å². The molecule has 0 aliphatic heterocycles. The molecule has 1 aromatic rings. The molecule has 0 saturated carbocycles. The monoisotopic (exact) mass is 323 g/mol. The van der Waals surface area contributed by atoms with Gasteiger partial charge in [-0.3, -0.25) is 0 Å². The fourth-order valence-electron chi connectivity index (χ4n) is 1.69. The molecule has 0 heterocycles. The van der Waals surface area contributed by atoms with Gasteiger partial charge in [-0.15, -0.1) is 12.4 Å². The second-order valence-electron chi connectivity index (χ2n) is 4.70. The number of hydrogen-bond donors (Lipinski definition) is 1. The van der Waals surface area contributed by atoms with Crippen molar-refractivity contribution in [2.75, 3.05) is 0 Å². The minimum atomic E-state index is -0.210. The molecule has 0 aliphatic carbocycles. The summed E-state index contributed by atoms with van der Waals surface area (Å²) in [4.78, 5) is 0. The first-order valence-corrected chi connectivity index (χ1v) is 6.42. The van der Waals surface area contributed by atoms with Crippen molar-refractivity contribution in [3.05, 3.63) is 33.5 Å². The highest BCUT2D eigenvalue weighted by atomic mass is 79.9. The fourth-order valence-corrected chi connectivity index (χ4v) is 2.28. The molecular weight excluding hydrogens is 305 g/mol. The van der Waals surface area contributed by atoms with Crippen molar-refractivity contribution in [2.24, 2.45) is 11.7 Å². The van der Waals surface area contributed by atoms with E-state index in [1.807, 2.05) is 0 Å². The predicted molar refractivity (Wildman–Crippen MR) is 77.1 cm³/mol. The second-order valence-corrected chi connectivity index (χ2v) is 5.62. The summed E-state index contributed by atoms with van der Waals surface area (Å²) in [5, 5.41) is 0. The van der Waals surface area contributed by atoms with Gasteiger partial charge in [0.05, 0.1) is 0 Å². The van der Waals surface area contributed by atoms with Crippen LogP contribution in [0.25, 0.3) is 0 Å². The summed E-state index contributed by atoms with van der Waals surface area (Å²) in [7, 11) is 0. The van der Waals surface area contributed by atoms with Crippen LogP contribution in [0.4, 0.5) is 4.39 Å². The summed E-state index contributed by atoms with van der Waals surface area (Å²) in [5.41, 5.74) is 7.28. The molecule has 2 N–H and O–H groups in total. The number of rotatable bonds is 4. The van der Waals surface area contributed by atoms with Gasteiger partial charge in [0, 0.05) is 16.1 Å². The van der Waals surface area contributed by atoms with Gasteiger partial charge in [0.15, 0.2) is 0 Å². The Kier molecular flexibility index (Phi) is 7.29. The third kappa shape index (κ3) is 4.94. The summed E-state index contributed by atoms with van der Waals surface area (Å²) in [5.74, 6) is 0.432. The molecule has 0 bridgehead atoms. The van der Waals surface area contributed by atoms with Gasteiger partial charge in [-0.2, -0.15) is 0 Å². The molecule has 1 aromatic carbocycles. The first-order chi connectivity index (χ1) is 7.41. The highest BCUT2D eigenvalue weighted by Crippen LogP contribution is 2.26. The third-order valence-electron chi connectivity index (χ3n) is 2.70. The van der Waals surface area contributed by atoms with Gasteiger partial charge in [0.2, 0.25) is 0 Å². The molecule has 0 unspecified atom stereocenters. The van der Waals surface area contributed by atoms with Crippen LogP contribution in [-0.2, 0) is 0 Å². The number of hydrogen-bond acceptors (Lipinski definition) is 1. The Bertz CT molecular complexity index is 369. The summed E-state index contributed by atoms with van der Waals surface area (Å²) in [6.07, 6.45) is 1.84. The molecule has 4 heteroatoms. The van der Waals surface area contributed by atoms with E-state index in [9.17, 15) is 4.39 Å². The summed E-state index contributed by atoms with van der Waals surface area (Å²) >= 11 is 3.37. The van der Waals surface area contributed by atoms with Crippen molar-refractivity contribution < 1.29 is 4.39 Å². The maximum atomic E-state index is 13.9. The predicted octanol–water partition coefficient (Wildman–Crippen LogP) is 4.75. The lowest BCUT2D eigenvalue weighted by atomic mass is 9.97. The molecule has 0 saturated heterocycles. The summed E-state index contributed by atoms with van der Waals surface area (Å²) in [6.45, 7) is 6.06. The average molecular weight is 325 g/mol. The fraction of sp³-hybridized carbons (Fsp3) is 0.538. The topological polar surface area (TPSA) is 26.0 Å². The van der Waals surface area contributed by atoms with Gasteiger partial charge >= 0.3 is 0 Å². The Morgan fingerprint density at radius 1 is 1.29 bits per heavy atom. The molecule has 0 aliphatic rings. The first-order valence-electron chi connectivity index (χ1n) is 5.63. The largest absolute Gasteiger partial charge is 0.324 e. The van der Waals surface area contributed by atoms with E-state index < -0.39 is 0 Å². The molecule has 0 radical (unpaired) electrons. The Balaban J connectivity index is 0.00000256. The van der Waals surface area contributed by atoms with E-state index in [1.54, 1.807) is 19.1 Å². The lowest BCUT2D eigenvalue weighted by Gasteiger charge is -2.16. The van der Waals surface area contributed by atoms with Crippen LogP contribution < -0.4 is 5.73 Å². The van der Waals surface area contributed by atoms with Gasteiger partial charge < -0.3 is 5.73 Å². The van der Waals surface area contributed by atoms with Crippen LogP contribution in [0.5, 0.6) is 0 Å². The quantitative estimate of drug-likeness (QED) is 0.849. The van der Waals surface area contributed by atoms with Gasteiger partial charge in [0.1, 0.15) is 5.82 Å². The number of halogens is 3. The summed E-state index contributed by atoms with van der Waals surface area (Å²) in [6, 6.07) is 3.35. The Hall–Kier alpha value is -0.120. The normalized spacial score (nSPS) is 12.4. The molecule has 0 spiro atoms. The number of benzene rings is 1. The molecule has 17 heavy (non-hydrogen) atoms. The number of aryl methyl sites for hydroxylation is 1. The molecule has 1 nitrogen and oxygen atoms in total. The maximum absolute atomic E-state index is 13.9. The smallest absolute Gasteiger partial charge is 0.130 e. The van der Waals surface area contributed by atoms with Crippen LogP contribution in [0.3, 0.4) is 0 Å². The Morgan fingerprint density at radius 2 is 1.88 bits per heavy atom. The molecular formula is C13H20BrClFN. The van der Waals surface area contributed by atoms with Gasteiger partial charge in [-0.05, 0) is 43.4 Å². The van der Waals surface area contributed by atoms with E-state index in [2.05, 4.69) is 29.8 Å². The average Bonchev–Trinajstić information content (AvgIpc) is 2.19. The lowest BCUT2D eigenvalue weighted by Crippen LogP contribution is -2.13. The van der Waals surface area contributed by atoms with E-state index in [4.69, 9.17) is 5.73 Å².